The molecular weight excluding hydrogens is 214 g/mol. The average molecular weight is 226 g/mol. The summed E-state index contributed by atoms with van der Waals surface area (Å²) in [4.78, 5) is 11.7. The maximum atomic E-state index is 11.7. The normalized spacial score (nSPS) is 14.8. The van der Waals surface area contributed by atoms with E-state index in [1.54, 1.807) is 25.3 Å². The van der Waals surface area contributed by atoms with Crippen molar-refractivity contribution < 1.29 is 9.53 Å². The lowest BCUT2D eigenvalue weighted by atomic mass is 10.2. The van der Waals surface area contributed by atoms with Crippen molar-refractivity contribution in [2.24, 2.45) is 0 Å². The molecule has 80 valence electrons. The van der Waals surface area contributed by atoms with E-state index in [-0.39, 0.29) is 5.91 Å². The Morgan fingerprint density at radius 3 is 2.80 bits per heavy atom. The minimum Gasteiger partial charge on any atom is -0.497 e. The fourth-order valence-electron chi connectivity index (χ4n) is 1.30. The molecule has 1 amide bonds. The lowest BCUT2D eigenvalue weighted by molar-refractivity contribution is 0.0951. The van der Waals surface area contributed by atoms with E-state index in [4.69, 9.17) is 16.3 Å². The van der Waals surface area contributed by atoms with Crippen LogP contribution in [-0.2, 0) is 0 Å². The summed E-state index contributed by atoms with van der Waals surface area (Å²) in [7, 11) is 1.57. The molecule has 1 aromatic carbocycles. The van der Waals surface area contributed by atoms with Gasteiger partial charge in [-0.2, -0.15) is 0 Å². The van der Waals surface area contributed by atoms with Crippen LogP contribution in [0.3, 0.4) is 0 Å². The lowest BCUT2D eigenvalue weighted by Gasteiger charge is -2.06. The first-order chi connectivity index (χ1) is 7.20. The van der Waals surface area contributed by atoms with Crippen molar-refractivity contribution in [2.75, 3.05) is 7.11 Å². The smallest absolute Gasteiger partial charge is 0.253 e. The van der Waals surface area contributed by atoms with Crippen LogP contribution in [0, 0.1) is 0 Å². The molecule has 1 saturated carbocycles. The van der Waals surface area contributed by atoms with Crippen molar-refractivity contribution in [3.05, 3.63) is 28.8 Å². The van der Waals surface area contributed by atoms with E-state index in [0.29, 0.717) is 22.4 Å². The van der Waals surface area contributed by atoms with Crippen LogP contribution < -0.4 is 10.1 Å². The lowest BCUT2D eigenvalue weighted by Crippen LogP contribution is -2.25. The maximum absolute atomic E-state index is 11.7. The number of carbonyl (C=O) groups is 1. The Morgan fingerprint density at radius 1 is 1.53 bits per heavy atom. The van der Waals surface area contributed by atoms with Gasteiger partial charge in [-0.3, -0.25) is 4.79 Å². The van der Waals surface area contributed by atoms with Crippen LogP contribution in [-0.4, -0.2) is 19.1 Å². The van der Waals surface area contributed by atoms with Crippen LogP contribution >= 0.6 is 11.6 Å². The number of halogens is 1. The summed E-state index contributed by atoms with van der Waals surface area (Å²) in [6.45, 7) is 0. The number of rotatable bonds is 3. The first kappa shape index (κ1) is 10.3. The van der Waals surface area contributed by atoms with E-state index >= 15 is 0 Å². The number of methoxy groups -OCH3 is 1. The molecule has 0 aromatic heterocycles. The van der Waals surface area contributed by atoms with E-state index in [0.717, 1.165) is 12.8 Å². The molecular formula is C11H12ClNO2. The van der Waals surface area contributed by atoms with Crippen LogP contribution in [0.2, 0.25) is 5.02 Å². The van der Waals surface area contributed by atoms with Gasteiger partial charge in [0, 0.05) is 6.04 Å². The molecule has 1 N–H and O–H groups in total. The third-order valence-corrected chi connectivity index (χ3v) is 2.65. The van der Waals surface area contributed by atoms with Gasteiger partial charge >= 0.3 is 0 Å². The number of hydrogen-bond donors (Lipinski definition) is 1. The van der Waals surface area contributed by atoms with Gasteiger partial charge in [-0.25, -0.2) is 0 Å². The second-order valence-corrected chi connectivity index (χ2v) is 4.00. The number of nitrogens with one attached hydrogen (secondary N) is 1. The Hall–Kier alpha value is -1.22. The van der Waals surface area contributed by atoms with Crippen molar-refractivity contribution in [1.29, 1.82) is 0 Å². The molecule has 4 heteroatoms. The third-order valence-electron chi connectivity index (χ3n) is 2.33. The van der Waals surface area contributed by atoms with Crippen LogP contribution in [0.1, 0.15) is 23.2 Å². The Morgan fingerprint density at radius 2 is 2.27 bits per heavy atom. The second-order valence-electron chi connectivity index (χ2n) is 3.59. The molecule has 3 nitrogen and oxygen atoms in total. The maximum Gasteiger partial charge on any atom is 0.253 e. The molecule has 0 spiro atoms. The highest BCUT2D eigenvalue weighted by molar-refractivity contribution is 6.34. The van der Waals surface area contributed by atoms with Crippen molar-refractivity contribution in [1.82, 2.24) is 5.32 Å². The topological polar surface area (TPSA) is 38.3 Å². The zero-order chi connectivity index (χ0) is 10.8. The van der Waals surface area contributed by atoms with Gasteiger partial charge in [0.05, 0.1) is 17.7 Å². The molecule has 1 aromatic rings. The van der Waals surface area contributed by atoms with Crippen molar-refractivity contribution in [2.45, 2.75) is 18.9 Å². The number of carbonyl (C=O) groups excluding carboxylic acids is 1. The highest BCUT2D eigenvalue weighted by Gasteiger charge is 2.24. The van der Waals surface area contributed by atoms with Crippen LogP contribution in [0.5, 0.6) is 5.75 Å². The third kappa shape index (κ3) is 2.42. The molecule has 0 bridgehead atoms. The van der Waals surface area contributed by atoms with Gasteiger partial charge in [-0.05, 0) is 31.0 Å². The summed E-state index contributed by atoms with van der Waals surface area (Å²) in [6.07, 6.45) is 2.14. The Kier molecular flexibility index (Phi) is 2.82. The highest BCUT2D eigenvalue weighted by Crippen LogP contribution is 2.24. The van der Waals surface area contributed by atoms with E-state index in [2.05, 4.69) is 5.32 Å². The molecule has 0 heterocycles. The van der Waals surface area contributed by atoms with Gasteiger partial charge in [0.25, 0.3) is 5.91 Å². The standard InChI is InChI=1S/C11H12ClNO2/c1-15-8-4-5-9(10(12)6-8)11(14)13-7-2-3-7/h4-7H,2-3H2,1H3,(H,13,14). The predicted octanol–water partition coefficient (Wildman–Crippen LogP) is 2.24. The van der Waals surface area contributed by atoms with E-state index in [1.807, 2.05) is 0 Å². The molecule has 0 aliphatic heterocycles. The largest absolute Gasteiger partial charge is 0.497 e. The minimum absolute atomic E-state index is 0.106. The number of amides is 1. The van der Waals surface area contributed by atoms with E-state index in [1.165, 1.54) is 0 Å². The first-order valence-corrected chi connectivity index (χ1v) is 5.23. The van der Waals surface area contributed by atoms with E-state index < -0.39 is 0 Å². The molecule has 1 aliphatic rings. The molecule has 0 saturated heterocycles. The van der Waals surface area contributed by atoms with Gasteiger partial charge in [0.2, 0.25) is 0 Å². The molecule has 1 fully saturated rings. The van der Waals surface area contributed by atoms with Crippen molar-refractivity contribution in [3.8, 4) is 5.75 Å². The first-order valence-electron chi connectivity index (χ1n) is 4.85. The second kappa shape index (κ2) is 4.11. The summed E-state index contributed by atoms with van der Waals surface area (Å²) in [5.41, 5.74) is 0.504. The van der Waals surface area contributed by atoms with E-state index in [9.17, 15) is 4.79 Å². The summed E-state index contributed by atoms with van der Waals surface area (Å²) >= 11 is 5.97. The van der Waals surface area contributed by atoms with Gasteiger partial charge in [0.1, 0.15) is 5.75 Å². The number of hydrogen-bond acceptors (Lipinski definition) is 2. The minimum atomic E-state index is -0.106. The summed E-state index contributed by atoms with van der Waals surface area (Å²) in [6, 6.07) is 5.39. The molecule has 1 aliphatic carbocycles. The summed E-state index contributed by atoms with van der Waals surface area (Å²) < 4.78 is 5.01. The van der Waals surface area contributed by atoms with Gasteiger partial charge in [0.15, 0.2) is 0 Å². The van der Waals surface area contributed by atoms with Crippen molar-refractivity contribution >= 4 is 17.5 Å². The Balaban J connectivity index is 2.15. The Labute approximate surface area is 93.4 Å². The quantitative estimate of drug-likeness (QED) is 0.857. The molecule has 2 rings (SSSR count). The summed E-state index contributed by atoms with van der Waals surface area (Å²) in [5, 5.41) is 3.31. The molecule has 0 atom stereocenters. The zero-order valence-electron chi connectivity index (χ0n) is 8.42. The van der Waals surface area contributed by atoms with Crippen LogP contribution in [0.25, 0.3) is 0 Å². The van der Waals surface area contributed by atoms with Gasteiger partial charge < -0.3 is 10.1 Å². The number of ether oxygens (including phenoxy) is 1. The predicted molar refractivity (Wildman–Crippen MR) is 58.5 cm³/mol. The van der Waals surface area contributed by atoms with Crippen molar-refractivity contribution in [3.63, 3.8) is 0 Å². The zero-order valence-corrected chi connectivity index (χ0v) is 9.17. The van der Waals surface area contributed by atoms with Gasteiger partial charge in [-0.15, -0.1) is 0 Å². The molecule has 15 heavy (non-hydrogen) atoms. The van der Waals surface area contributed by atoms with Crippen LogP contribution in [0.4, 0.5) is 0 Å². The summed E-state index contributed by atoms with van der Waals surface area (Å²) in [5.74, 6) is 0.549. The molecule has 0 radical (unpaired) electrons. The highest BCUT2D eigenvalue weighted by atomic mass is 35.5. The fraction of sp³-hybridized carbons (Fsp3) is 0.364. The van der Waals surface area contributed by atoms with Crippen LogP contribution in [0.15, 0.2) is 18.2 Å². The monoisotopic (exact) mass is 225 g/mol. The average Bonchev–Trinajstić information content (AvgIpc) is 3.01. The van der Waals surface area contributed by atoms with Gasteiger partial charge in [-0.1, -0.05) is 11.6 Å². The number of benzene rings is 1. The fourth-order valence-corrected chi connectivity index (χ4v) is 1.55. The SMILES string of the molecule is COc1ccc(C(=O)NC2CC2)c(Cl)c1. The Bertz CT molecular complexity index is 388. The molecule has 0 unspecified atom stereocenters.